The summed E-state index contributed by atoms with van der Waals surface area (Å²) >= 11 is 3.39. The minimum atomic E-state index is 0.933. The average molecular weight is 301 g/mol. The first-order chi connectivity index (χ1) is 8.84. The zero-order valence-electron chi connectivity index (χ0n) is 9.75. The molecule has 0 radical (unpaired) electrons. The molecule has 2 aromatic carbocycles. The van der Waals surface area contributed by atoms with E-state index in [1.54, 1.807) is 6.21 Å². The van der Waals surface area contributed by atoms with Gasteiger partial charge in [-0.05, 0) is 42.5 Å². The molecule has 0 aliphatic heterocycles. The van der Waals surface area contributed by atoms with Crippen LogP contribution in [0.2, 0.25) is 0 Å². The lowest BCUT2D eigenvalue weighted by molar-refractivity contribution is 1.52. The van der Waals surface area contributed by atoms with E-state index in [2.05, 4.69) is 26.2 Å². The van der Waals surface area contributed by atoms with Crippen molar-refractivity contribution in [2.75, 3.05) is 5.32 Å². The number of hydrogen-bond donors (Lipinski definition) is 1. The van der Waals surface area contributed by atoms with E-state index in [0.717, 1.165) is 15.8 Å². The van der Waals surface area contributed by atoms with Crippen LogP contribution in [0.15, 0.2) is 76.3 Å². The van der Waals surface area contributed by atoms with Gasteiger partial charge in [-0.3, -0.25) is 4.99 Å². The van der Waals surface area contributed by atoms with Gasteiger partial charge in [-0.25, -0.2) is 0 Å². The van der Waals surface area contributed by atoms with Gasteiger partial charge in [0.15, 0.2) is 0 Å². The van der Waals surface area contributed by atoms with Crippen molar-refractivity contribution in [3.63, 3.8) is 0 Å². The van der Waals surface area contributed by atoms with Gasteiger partial charge in [-0.2, -0.15) is 0 Å². The van der Waals surface area contributed by atoms with Crippen LogP contribution in [-0.2, 0) is 0 Å². The summed E-state index contributed by atoms with van der Waals surface area (Å²) in [5, 5.41) is 3.16. The summed E-state index contributed by atoms with van der Waals surface area (Å²) in [6.07, 6.45) is 5.49. The molecule has 0 atom stereocenters. The lowest BCUT2D eigenvalue weighted by Crippen LogP contribution is -1.85. The highest BCUT2D eigenvalue weighted by Crippen LogP contribution is 2.16. The Morgan fingerprint density at radius 1 is 0.944 bits per heavy atom. The number of aliphatic imine (C=N–C) groups is 1. The van der Waals surface area contributed by atoms with Crippen LogP contribution in [0.4, 0.5) is 11.4 Å². The zero-order chi connectivity index (χ0) is 12.6. The molecule has 0 bridgehead atoms. The lowest BCUT2D eigenvalue weighted by Gasteiger charge is -1.97. The standard InChI is InChI=1S/C15H13BrN2/c16-13-7-9-15(10-8-13)18-12-4-11-17-14-5-2-1-3-6-14/h1-12,17H. The van der Waals surface area contributed by atoms with Crippen molar-refractivity contribution in [2.24, 2.45) is 4.99 Å². The number of anilines is 1. The van der Waals surface area contributed by atoms with Gasteiger partial charge in [0.05, 0.1) is 5.69 Å². The van der Waals surface area contributed by atoms with Gasteiger partial charge < -0.3 is 5.32 Å². The van der Waals surface area contributed by atoms with Gasteiger partial charge in [0, 0.05) is 22.6 Å². The van der Waals surface area contributed by atoms with Crippen LogP contribution in [-0.4, -0.2) is 6.21 Å². The molecule has 0 amide bonds. The smallest absolute Gasteiger partial charge is 0.0630 e. The predicted octanol–water partition coefficient (Wildman–Crippen LogP) is 4.78. The molecule has 0 heterocycles. The highest BCUT2D eigenvalue weighted by atomic mass is 79.9. The Labute approximate surface area is 115 Å². The quantitative estimate of drug-likeness (QED) is 0.808. The summed E-state index contributed by atoms with van der Waals surface area (Å²) in [4.78, 5) is 4.31. The number of nitrogens with zero attached hydrogens (tertiary/aromatic N) is 1. The topological polar surface area (TPSA) is 24.4 Å². The van der Waals surface area contributed by atoms with Gasteiger partial charge in [0.2, 0.25) is 0 Å². The van der Waals surface area contributed by atoms with Gasteiger partial charge >= 0.3 is 0 Å². The van der Waals surface area contributed by atoms with E-state index in [0.29, 0.717) is 0 Å². The largest absolute Gasteiger partial charge is 0.362 e. The molecule has 0 aliphatic rings. The third kappa shape index (κ3) is 4.18. The van der Waals surface area contributed by atoms with E-state index < -0.39 is 0 Å². The minimum Gasteiger partial charge on any atom is -0.362 e. The molecule has 1 N–H and O–H groups in total. The van der Waals surface area contributed by atoms with Crippen molar-refractivity contribution < 1.29 is 0 Å². The van der Waals surface area contributed by atoms with Gasteiger partial charge in [-0.15, -0.1) is 0 Å². The molecule has 18 heavy (non-hydrogen) atoms. The maximum atomic E-state index is 4.31. The van der Waals surface area contributed by atoms with E-state index in [1.807, 2.05) is 66.9 Å². The number of halogens is 1. The summed E-state index contributed by atoms with van der Waals surface area (Å²) < 4.78 is 1.06. The first kappa shape index (κ1) is 12.6. The first-order valence-electron chi connectivity index (χ1n) is 5.61. The van der Waals surface area contributed by atoms with Gasteiger partial charge in [-0.1, -0.05) is 34.1 Å². The maximum absolute atomic E-state index is 4.31. The molecule has 3 heteroatoms. The van der Waals surface area contributed by atoms with E-state index in [1.165, 1.54) is 0 Å². The van der Waals surface area contributed by atoms with Crippen molar-refractivity contribution in [2.45, 2.75) is 0 Å². The molecule has 2 aromatic rings. The second-order valence-electron chi connectivity index (χ2n) is 3.62. The van der Waals surface area contributed by atoms with Crippen molar-refractivity contribution >= 4 is 33.5 Å². The molecule has 2 rings (SSSR count). The fourth-order valence-corrected chi connectivity index (χ4v) is 1.64. The number of nitrogens with one attached hydrogen (secondary N) is 1. The summed E-state index contributed by atoms with van der Waals surface area (Å²) in [5.74, 6) is 0. The third-order valence-electron chi connectivity index (χ3n) is 2.26. The van der Waals surface area contributed by atoms with E-state index >= 15 is 0 Å². The summed E-state index contributed by atoms with van der Waals surface area (Å²) in [7, 11) is 0. The van der Waals surface area contributed by atoms with Crippen LogP contribution in [0.1, 0.15) is 0 Å². The minimum absolute atomic E-state index is 0.933. The van der Waals surface area contributed by atoms with E-state index in [-0.39, 0.29) is 0 Å². The first-order valence-corrected chi connectivity index (χ1v) is 6.40. The maximum Gasteiger partial charge on any atom is 0.0630 e. The van der Waals surface area contributed by atoms with Crippen molar-refractivity contribution in [1.82, 2.24) is 0 Å². The molecule has 0 aromatic heterocycles. The van der Waals surface area contributed by atoms with Gasteiger partial charge in [0.25, 0.3) is 0 Å². The Morgan fingerprint density at radius 2 is 1.67 bits per heavy atom. The Hall–Kier alpha value is -1.87. The van der Waals surface area contributed by atoms with E-state index in [9.17, 15) is 0 Å². The monoisotopic (exact) mass is 300 g/mol. The van der Waals surface area contributed by atoms with Crippen molar-refractivity contribution in [3.05, 3.63) is 71.3 Å². The third-order valence-corrected chi connectivity index (χ3v) is 2.78. The predicted molar refractivity (Wildman–Crippen MR) is 81.5 cm³/mol. The highest BCUT2D eigenvalue weighted by molar-refractivity contribution is 9.10. The normalized spacial score (nSPS) is 11.2. The lowest BCUT2D eigenvalue weighted by atomic mass is 10.3. The molecular weight excluding hydrogens is 288 g/mol. The van der Waals surface area contributed by atoms with Crippen LogP contribution in [0.3, 0.4) is 0 Å². The molecule has 0 fully saturated rings. The Morgan fingerprint density at radius 3 is 2.39 bits per heavy atom. The molecule has 90 valence electrons. The number of rotatable bonds is 4. The fraction of sp³-hybridized carbons (Fsp3) is 0. The molecule has 0 saturated heterocycles. The molecule has 0 saturated carbocycles. The van der Waals surface area contributed by atoms with Crippen LogP contribution in [0.5, 0.6) is 0 Å². The number of hydrogen-bond acceptors (Lipinski definition) is 2. The SMILES string of the molecule is Brc1ccc(N=CC=CNc2ccccc2)cc1. The van der Waals surface area contributed by atoms with E-state index in [4.69, 9.17) is 0 Å². The Bertz CT molecular complexity index is 530. The van der Waals surface area contributed by atoms with Crippen LogP contribution < -0.4 is 5.32 Å². The Kier molecular flexibility index (Phi) is 4.73. The number of para-hydroxylation sites is 1. The average Bonchev–Trinajstić information content (AvgIpc) is 2.42. The number of allylic oxidation sites excluding steroid dienone is 1. The fourth-order valence-electron chi connectivity index (χ4n) is 1.38. The second-order valence-corrected chi connectivity index (χ2v) is 4.54. The summed E-state index contributed by atoms with van der Waals surface area (Å²) in [6, 6.07) is 17.9. The Balaban J connectivity index is 1.86. The summed E-state index contributed by atoms with van der Waals surface area (Å²) in [6.45, 7) is 0. The van der Waals surface area contributed by atoms with Crippen LogP contribution in [0.25, 0.3) is 0 Å². The van der Waals surface area contributed by atoms with Crippen LogP contribution in [0, 0.1) is 0 Å². The highest BCUT2D eigenvalue weighted by Gasteiger charge is 1.86. The zero-order valence-corrected chi connectivity index (χ0v) is 11.3. The molecule has 0 unspecified atom stereocenters. The van der Waals surface area contributed by atoms with Crippen molar-refractivity contribution in [3.8, 4) is 0 Å². The van der Waals surface area contributed by atoms with Crippen molar-refractivity contribution in [1.29, 1.82) is 0 Å². The second kappa shape index (κ2) is 6.77. The summed E-state index contributed by atoms with van der Waals surface area (Å²) in [5.41, 5.74) is 1.99. The molecular formula is C15H13BrN2. The van der Waals surface area contributed by atoms with Gasteiger partial charge in [0.1, 0.15) is 0 Å². The number of benzene rings is 2. The molecule has 2 nitrogen and oxygen atoms in total. The van der Waals surface area contributed by atoms with Crippen LogP contribution >= 0.6 is 15.9 Å². The molecule has 0 aliphatic carbocycles. The molecule has 0 spiro atoms.